The molecule has 0 fully saturated rings. The van der Waals surface area contributed by atoms with Crippen molar-refractivity contribution in [2.75, 3.05) is 13.2 Å². The van der Waals surface area contributed by atoms with Crippen molar-refractivity contribution in [3.05, 3.63) is 28.2 Å². The van der Waals surface area contributed by atoms with Gasteiger partial charge in [-0.3, -0.25) is 5.32 Å². The monoisotopic (exact) mass is 259 g/mol. The third kappa shape index (κ3) is 2.00. The van der Waals surface area contributed by atoms with Gasteiger partial charge in [-0.05, 0) is 12.1 Å². The highest BCUT2D eigenvalue weighted by atomic mass is 79.9. The van der Waals surface area contributed by atoms with E-state index < -0.39 is 0 Å². The third-order valence-corrected chi connectivity index (χ3v) is 2.92. The number of fused-ring (bicyclic) bond motifs is 1. The molecule has 1 atom stereocenters. The van der Waals surface area contributed by atoms with Gasteiger partial charge in [-0.25, -0.2) is 0 Å². The van der Waals surface area contributed by atoms with Gasteiger partial charge in [0.05, 0.1) is 5.37 Å². The van der Waals surface area contributed by atoms with Crippen molar-refractivity contribution in [3.8, 4) is 5.75 Å². The average molecular weight is 260 g/mol. The topological polar surface area (TPSA) is 21.3 Å². The van der Waals surface area contributed by atoms with Crippen LogP contribution in [0.5, 0.6) is 5.75 Å². The summed E-state index contributed by atoms with van der Waals surface area (Å²) in [4.78, 5) is 0. The molecule has 0 aliphatic carbocycles. The minimum Gasteiger partial charge on any atom is -0.492 e. The highest BCUT2D eigenvalue weighted by molar-refractivity contribution is 9.10. The van der Waals surface area contributed by atoms with Gasteiger partial charge in [0.25, 0.3) is 0 Å². The minimum atomic E-state index is 0.0746. The predicted molar refractivity (Wildman–Crippen MR) is 59.4 cm³/mol. The van der Waals surface area contributed by atoms with Crippen LogP contribution in [0.15, 0.2) is 22.7 Å². The van der Waals surface area contributed by atoms with E-state index in [1.54, 1.807) is 0 Å². The van der Waals surface area contributed by atoms with Crippen LogP contribution in [0.3, 0.4) is 0 Å². The van der Waals surface area contributed by atoms with Crippen LogP contribution in [0.1, 0.15) is 10.9 Å². The van der Waals surface area contributed by atoms with Crippen molar-refractivity contribution >= 4 is 28.6 Å². The maximum atomic E-state index is 5.56. The summed E-state index contributed by atoms with van der Waals surface area (Å²) in [7, 11) is 0. The first kappa shape index (κ1) is 9.37. The lowest BCUT2D eigenvalue weighted by atomic mass is 10.2. The van der Waals surface area contributed by atoms with Gasteiger partial charge >= 0.3 is 0 Å². The predicted octanol–water partition coefficient (Wildman–Crippen LogP) is 2.36. The summed E-state index contributed by atoms with van der Waals surface area (Å²) in [5, 5.41) is 3.32. The van der Waals surface area contributed by atoms with E-state index in [4.69, 9.17) is 4.74 Å². The molecule has 1 heterocycles. The van der Waals surface area contributed by atoms with Crippen molar-refractivity contribution in [2.45, 2.75) is 5.37 Å². The second kappa shape index (κ2) is 3.90. The van der Waals surface area contributed by atoms with Crippen LogP contribution < -0.4 is 10.1 Å². The first-order valence-electron chi connectivity index (χ1n) is 4.11. The Balaban J connectivity index is 2.42. The molecule has 0 aromatic heterocycles. The van der Waals surface area contributed by atoms with Gasteiger partial charge in [0.2, 0.25) is 0 Å². The van der Waals surface area contributed by atoms with E-state index in [2.05, 4.69) is 33.9 Å². The van der Waals surface area contributed by atoms with Crippen LogP contribution in [0, 0.1) is 0 Å². The first-order valence-corrected chi connectivity index (χ1v) is 5.42. The fraction of sp³-hybridized carbons (Fsp3) is 0.333. The number of nitrogens with one attached hydrogen (secondary N) is 1. The standard InChI is InChI=1S/C9H10BrNOS/c10-6-1-2-7-8(5-6)12-4-3-11-9(7)13/h1-2,5,9,11,13H,3-4H2. The van der Waals surface area contributed by atoms with E-state index in [1.165, 1.54) is 0 Å². The average Bonchev–Trinajstić information content (AvgIpc) is 2.28. The van der Waals surface area contributed by atoms with Crippen LogP contribution >= 0.6 is 28.6 Å². The Morgan fingerprint density at radius 3 is 3.23 bits per heavy atom. The van der Waals surface area contributed by atoms with Crippen LogP contribution in [0.25, 0.3) is 0 Å². The fourth-order valence-corrected chi connectivity index (χ4v) is 2.01. The summed E-state index contributed by atoms with van der Waals surface area (Å²) in [6.07, 6.45) is 0. The number of ether oxygens (including phenoxy) is 1. The summed E-state index contributed by atoms with van der Waals surface area (Å²) in [5.41, 5.74) is 1.10. The second-order valence-corrected chi connectivity index (χ2v) is 4.32. The Hall–Kier alpha value is -0.190. The van der Waals surface area contributed by atoms with Crippen LogP contribution in [0.4, 0.5) is 0 Å². The van der Waals surface area contributed by atoms with Gasteiger partial charge in [-0.15, -0.1) is 0 Å². The number of hydrogen-bond acceptors (Lipinski definition) is 3. The van der Waals surface area contributed by atoms with E-state index in [9.17, 15) is 0 Å². The zero-order valence-corrected chi connectivity index (χ0v) is 9.44. The molecule has 13 heavy (non-hydrogen) atoms. The summed E-state index contributed by atoms with van der Waals surface area (Å²) in [5.74, 6) is 0.916. The van der Waals surface area contributed by atoms with Gasteiger partial charge in [-0.2, -0.15) is 12.6 Å². The number of rotatable bonds is 0. The zero-order valence-electron chi connectivity index (χ0n) is 6.96. The van der Waals surface area contributed by atoms with Crippen molar-refractivity contribution in [1.82, 2.24) is 5.32 Å². The fourth-order valence-electron chi connectivity index (χ4n) is 1.33. The first-order chi connectivity index (χ1) is 6.27. The molecule has 1 aromatic carbocycles. The second-order valence-electron chi connectivity index (χ2n) is 2.89. The normalized spacial score (nSPS) is 21.5. The lowest BCUT2D eigenvalue weighted by Crippen LogP contribution is -2.18. The van der Waals surface area contributed by atoms with Gasteiger partial charge in [-0.1, -0.05) is 22.0 Å². The molecule has 1 N–H and O–H groups in total. The molecule has 0 saturated carbocycles. The Labute approximate surface area is 91.2 Å². The van der Waals surface area contributed by atoms with E-state index in [0.717, 1.165) is 22.3 Å². The Kier molecular flexibility index (Phi) is 2.81. The molecule has 0 amide bonds. The molecule has 1 aliphatic heterocycles. The molecule has 0 spiro atoms. The molecule has 70 valence electrons. The molecule has 0 radical (unpaired) electrons. The highest BCUT2D eigenvalue weighted by Gasteiger charge is 2.15. The largest absolute Gasteiger partial charge is 0.492 e. The quantitative estimate of drug-likeness (QED) is 0.699. The maximum Gasteiger partial charge on any atom is 0.126 e. The lowest BCUT2D eigenvalue weighted by molar-refractivity contribution is 0.325. The summed E-state index contributed by atoms with van der Waals surface area (Å²) in [6.45, 7) is 1.53. The van der Waals surface area contributed by atoms with Crippen LogP contribution in [0.2, 0.25) is 0 Å². The Morgan fingerprint density at radius 2 is 2.38 bits per heavy atom. The third-order valence-electron chi connectivity index (χ3n) is 1.97. The van der Waals surface area contributed by atoms with E-state index in [0.29, 0.717) is 6.61 Å². The molecular formula is C9H10BrNOS. The Morgan fingerprint density at radius 1 is 1.54 bits per heavy atom. The smallest absolute Gasteiger partial charge is 0.126 e. The summed E-state index contributed by atoms with van der Waals surface area (Å²) < 4.78 is 6.59. The molecule has 1 unspecified atom stereocenters. The molecule has 2 rings (SSSR count). The van der Waals surface area contributed by atoms with Crippen molar-refractivity contribution in [1.29, 1.82) is 0 Å². The van der Waals surface area contributed by atoms with Crippen molar-refractivity contribution in [3.63, 3.8) is 0 Å². The van der Waals surface area contributed by atoms with Crippen LogP contribution in [-0.2, 0) is 0 Å². The van der Waals surface area contributed by atoms with Gasteiger partial charge in [0.15, 0.2) is 0 Å². The highest BCUT2D eigenvalue weighted by Crippen LogP contribution is 2.31. The van der Waals surface area contributed by atoms with Crippen molar-refractivity contribution < 1.29 is 4.74 Å². The number of benzene rings is 1. The molecule has 2 nitrogen and oxygen atoms in total. The van der Waals surface area contributed by atoms with Gasteiger partial charge in [0, 0.05) is 16.6 Å². The van der Waals surface area contributed by atoms with Gasteiger partial charge in [0.1, 0.15) is 12.4 Å². The molecular weight excluding hydrogens is 250 g/mol. The minimum absolute atomic E-state index is 0.0746. The Bertz CT molecular complexity index is 318. The molecule has 0 bridgehead atoms. The maximum absolute atomic E-state index is 5.56. The molecule has 4 heteroatoms. The van der Waals surface area contributed by atoms with E-state index >= 15 is 0 Å². The number of halogens is 1. The van der Waals surface area contributed by atoms with E-state index in [-0.39, 0.29) is 5.37 Å². The van der Waals surface area contributed by atoms with Crippen molar-refractivity contribution in [2.24, 2.45) is 0 Å². The zero-order chi connectivity index (χ0) is 9.26. The van der Waals surface area contributed by atoms with E-state index in [1.807, 2.05) is 18.2 Å². The molecule has 0 saturated heterocycles. The van der Waals surface area contributed by atoms with Gasteiger partial charge < -0.3 is 4.74 Å². The number of thiol groups is 1. The summed E-state index contributed by atoms with van der Waals surface area (Å²) in [6, 6.07) is 6.00. The lowest BCUT2D eigenvalue weighted by Gasteiger charge is -2.11. The van der Waals surface area contributed by atoms with Crippen LogP contribution in [-0.4, -0.2) is 13.2 Å². The molecule has 1 aromatic rings. The number of hydrogen-bond donors (Lipinski definition) is 2. The molecule has 1 aliphatic rings. The SMILES string of the molecule is SC1NCCOc2cc(Br)ccc21. The summed E-state index contributed by atoms with van der Waals surface area (Å²) >= 11 is 7.85.